The van der Waals surface area contributed by atoms with Crippen molar-refractivity contribution < 1.29 is 14.6 Å². The molecule has 1 atom stereocenters. The Labute approximate surface area is 256 Å². The number of aliphatic carboxylic acids is 1. The second-order valence-corrected chi connectivity index (χ2v) is 12.1. The minimum Gasteiger partial charge on any atom is -0.481 e. The molecule has 0 amide bonds. The van der Waals surface area contributed by atoms with Gasteiger partial charge in [-0.3, -0.25) is 4.79 Å². The number of benzene rings is 4. The van der Waals surface area contributed by atoms with Crippen LogP contribution in [0.5, 0.6) is 11.5 Å². The van der Waals surface area contributed by atoms with Crippen LogP contribution >= 0.6 is 23.4 Å². The summed E-state index contributed by atoms with van der Waals surface area (Å²) in [5, 5.41) is 11.1. The maximum atomic E-state index is 10.2. The van der Waals surface area contributed by atoms with Crippen molar-refractivity contribution in [2.24, 2.45) is 0 Å². The summed E-state index contributed by atoms with van der Waals surface area (Å²) in [6, 6.07) is 29.4. The van der Waals surface area contributed by atoms with Crippen LogP contribution in [0.3, 0.4) is 0 Å². The topological polar surface area (TPSA) is 46.5 Å². The van der Waals surface area contributed by atoms with Crippen molar-refractivity contribution in [3.05, 3.63) is 141 Å². The highest BCUT2D eigenvalue weighted by molar-refractivity contribution is 8.02. The first-order chi connectivity index (χ1) is 20.5. The minimum absolute atomic E-state index is 0.127. The Balaban J connectivity index is 0.000000269. The van der Waals surface area contributed by atoms with E-state index in [9.17, 15) is 4.79 Å². The Morgan fingerprint density at radius 1 is 0.810 bits per heavy atom. The van der Waals surface area contributed by atoms with Gasteiger partial charge in [0.05, 0.1) is 6.42 Å². The molecule has 0 radical (unpaired) electrons. The zero-order chi connectivity index (χ0) is 28.9. The Hall–Kier alpha value is -3.99. The van der Waals surface area contributed by atoms with E-state index in [2.05, 4.69) is 54.6 Å². The number of carboxylic acid groups (broad SMARTS) is 1. The van der Waals surface area contributed by atoms with Crippen molar-refractivity contribution in [3.8, 4) is 22.6 Å². The Kier molecular flexibility index (Phi) is 8.64. The fourth-order valence-electron chi connectivity index (χ4n) is 5.78. The van der Waals surface area contributed by atoms with Crippen LogP contribution in [-0.4, -0.2) is 16.3 Å². The van der Waals surface area contributed by atoms with Crippen molar-refractivity contribution in [3.63, 3.8) is 0 Å². The summed E-state index contributed by atoms with van der Waals surface area (Å²) in [5.74, 6) is 0.886. The van der Waals surface area contributed by atoms with Crippen molar-refractivity contribution in [1.82, 2.24) is 0 Å². The van der Waals surface area contributed by atoms with Gasteiger partial charge < -0.3 is 9.84 Å². The molecular weight excluding hydrogens is 560 g/mol. The average molecular weight is 591 g/mol. The highest BCUT2D eigenvalue weighted by atomic mass is 35.5. The number of aryl methyl sites for hydroxylation is 1. The SMILES string of the molecule is Clc1ccc(Oc2ccc(C3=Cc4ccc5c(c4CC3)CCc3ccccc3-5)cc2)cc1.O=C(O)CC1C=CC=CS1. The number of hydrogen-bond acceptors (Lipinski definition) is 3. The van der Waals surface area contributed by atoms with Gasteiger partial charge in [0.15, 0.2) is 0 Å². The van der Waals surface area contributed by atoms with Crippen LogP contribution in [-0.2, 0) is 24.1 Å². The smallest absolute Gasteiger partial charge is 0.304 e. The zero-order valence-electron chi connectivity index (χ0n) is 23.1. The third kappa shape index (κ3) is 6.56. The molecule has 0 saturated carbocycles. The molecule has 1 N–H and O–H groups in total. The van der Waals surface area contributed by atoms with Gasteiger partial charge in [0.25, 0.3) is 0 Å². The quantitative estimate of drug-likeness (QED) is 0.251. The van der Waals surface area contributed by atoms with Gasteiger partial charge in [-0.2, -0.15) is 0 Å². The average Bonchev–Trinajstić information content (AvgIpc) is 3.02. The molecule has 3 aliphatic rings. The first-order valence-electron chi connectivity index (χ1n) is 14.2. The van der Waals surface area contributed by atoms with Gasteiger partial charge in [0.2, 0.25) is 0 Å². The van der Waals surface area contributed by atoms with Crippen molar-refractivity contribution in [2.45, 2.75) is 37.4 Å². The van der Waals surface area contributed by atoms with Gasteiger partial charge in [-0.15, -0.1) is 11.8 Å². The summed E-state index contributed by atoms with van der Waals surface area (Å²) < 4.78 is 5.94. The van der Waals surface area contributed by atoms with E-state index < -0.39 is 5.97 Å². The standard InChI is InChI=1S/C30H23ClO.C7H8O2S/c31-24-10-14-26(15-11-24)32-25-12-5-20(6-13-25)22-8-16-28-23(19-22)9-18-29-27-4-2-1-3-21(27)7-17-30(28)29;8-7(9)5-6-3-1-2-4-10-6/h1-6,9-15,18-19H,7-8,16-17H2;1-4,6H,5H2,(H,8,9). The molecule has 1 aliphatic heterocycles. The molecule has 2 aliphatic carbocycles. The van der Waals surface area contributed by atoms with Gasteiger partial charge in [0, 0.05) is 10.3 Å². The van der Waals surface area contributed by atoms with Crippen LogP contribution in [0.15, 0.2) is 109 Å². The molecule has 0 spiro atoms. The Bertz CT molecular complexity index is 1680. The van der Waals surface area contributed by atoms with E-state index in [0.717, 1.165) is 37.2 Å². The second kappa shape index (κ2) is 12.9. The maximum Gasteiger partial charge on any atom is 0.304 e. The van der Waals surface area contributed by atoms with E-state index in [4.69, 9.17) is 21.4 Å². The van der Waals surface area contributed by atoms with E-state index in [1.165, 1.54) is 33.4 Å². The fraction of sp³-hybridized carbons (Fsp3) is 0.162. The van der Waals surface area contributed by atoms with Gasteiger partial charge in [0.1, 0.15) is 11.5 Å². The Morgan fingerprint density at radius 3 is 2.29 bits per heavy atom. The van der Waals surface area contributed by atoms with Crippen LogP contribution in [0.4, 0.5) is 0 Å². The number of carboxylic acids is 1. The van der Waals surface area contributed by atoms with Crippen molar-refractivity contribution >= 4 is 41.0 Å². The van der Waals surface area contributed by atoms with Crippen molar-refractivity contribution in [1.29, 1.82) is 0 Å². The fourth-order valence-corrected chi connectivity index (χ4v) is 6.71. The summed E-state index contributed by atoms with van der Waals surface area (Å²) in [4.78, 5) is 10.2. The number of fused-ring (bicyclic) bond motifs is 5. The zero-order valence-corrected chi connectivity index (χ0v) is 24.7. The summed E-state index contributed by atoms with van der Waals surface area (Å²) in [6.07, 6.45) is 12.8. The molecule has 7 rings (SSSR count). The number of halogens is 1. The number of thioether (sulfide) groups is 1. The Morgan fingerprint density at radius 2 is 1.55 bits per heavy atom. The van der Waals surface area contributed by atoms with Crippen LogP contribution in [0.2, 0.25) is 5.02 Å². The molecule has 5 heteroatoms. The predicted octanol–water partition coefficient (Wildman–Crippen LogP) is 10.0. The van der Waals surface area contributed by atoms with E-state index in [1.54, 1.807) is 22.9 Å². The van der Waals surface area contributed by atoms with E-state index in [-0.39, 0.29) is 11.7 Å². The highest BCUT2D eigenvalue weighted by Gasteiger charge is 2.22. The highest BCUT2D eigenvalue weighted by Crippen LogP contribution is 2.40. The summed E-state index contributed by atoms with van der Waals surface area (Å²) in [6.45, 7) is 0. The number of hydrogen-bond donors (Lipinski definition) is 1. The van der Waals surface area contributed by atoms with Crippen LogP contribution < -0.4 is 4.74 Å². The van der Waals surface area contributed by atoms with E-state index in [1.807, 2.05) is 60.0 Å². The third-order valence-electron chi connectivity index (χ3n) is 7.81. The van der Waals surface area contributed by atoms with Gasteiger partial charge >= 0.3 is 5.97 Å². The number of ether oxygens (including phenoxy) is 1. The summed E-state index contributed by atoms with van der Waals surface area (Å²) in [7, 11) is 0. The van der Waals surface area contributed by atoms with E-state index in [0.29, 0.717) is 5.02 Å². The molecule has 3 nitrogen and oxygen atoms in total. The molecular formula is C37H31ClO3S. The minimum atomic E-state index is -0.738. The molecule has 0 aromatic heterocycles. The lowest BCUT2D eigenvalue weighted by atomic mass is 9.78. The van der Waals surface area contributed by atoms with Crippen LogP contribution in [0, 0.1) is 0 Å². The number of allylic oxidation sites excluding steroid dienone is 3. The lowest BCUT2D eigenvalue weighted by Gasteiger charge is -2.26. The van der Waals surface area contributed by atoms with E-state index >= 15 is 0 Å². The molecule has 0 bridgehead atoms. The molecule has 4 aromatic carbocycles. The lowest BCUT2D eigenvalue weighted by molar-refractivity contribution is -0.136. The molecule has 210 valence electrons. The number of rotatable bonds is 5. The van der Waals surface area contributed by atoms with Crippen LogP contribution in [0.1, 0.15) is 40.7 Å². The lowest BCUT2D eigenvalue weighted by Crippen LogP contribution is -2.10. The van der Waals surface area contributed by atoms with Crippen LogP contribution in [0.25, 0.3) is 22.8 Å². The second-order valence-electron chi connectivity index (χ2n) is 10.6. The first kappa shape index (κ1) is 28.1. The summed E-state index contributed by atoms with van der Waals surface area (Å²) in [5.41, 5.74) is 11.5. The summed E-state index contributed by atoms with van der Waals surface area (Å²) >= 11 is 7.50. The predicted molar refractivity (Wildman–Crippen MR) is 175 cm³/mol. The molecule has 1 unspecified atom stereocenters. The molecule has 42 heavy (non-hydrogen) atoms. The van der Waals surface area contributed by atoms with Crippen molar-refractivity contribution in [2.75, 3.05) is 0 Å². The normalized spacial score (nSPS) is 16.2. The number of carbonyl (C=O) groups is 1. The third-order valence-corrected chi connectivity index (χ3v) is 9.05. The van der Waals surface area contributed by atoms with Gasteiger partial charge in [-0.05, 0) is 112 Å². The first-order valence-corrected chi connectivity index (χ1v) is 15.5. The molecule has 0 saturated heterocycles. The monoisotopic (exact) mass is 590 g/mol. The van der Waals surface area contributed by atoms with Gasteiger partial charge in [-0.1, -0.05) is 84.4 Å². The van der Waals surface area contributed by atoms with Gasteiger partial charge in [-0.25, -0.2) is 0 Å². The maximum absolute atomic E-state index is 10.2. The molecule has 1 heterocycles. The molecule has 4 aromatic rings. The largest absolute Gasteiger partial charge is 0.481 e. The molecule has 0 fully saturated rings.